The second-order valence-electron chi connectivity index (χ2n) is 4.73. The van der Waals surface area contributed by atoms with Crippen LogP contribution in [0.3, 0.4) is 0 Å². The molecule has 1 saturated heterocycles. The van der Waals surface area contributed by atoms with E-state index >= 15 is 0 Å². The van der Waals surface area contributed by atoms with Crippen LogP contribution in [0.1, 0.15) is 25.3 Å². The van der Waals surface area contributed by atoms with E-state index in [4.69, 9.17) is 11.0 Å². The van der Waals surface area contributed by atoms with Gasteiger partial charge < -0.3 is 10.6 Å². The van der Waals surface area contributed by atoms with E-state index in [9.17, 15) is 0 Å². The van der Waals surface area contributed by atoms with E-state index in [0.717, 1.165) is 37.2 Å². The second-order valence-corrected chi connectivity index (χ2v) is 4.73. The van der Waals surface area contributed by atoms with Crippen LogP contribution in [0.25, 0.3) is 0 Å². The van der Waals surface area contributed by atoms with Gasteiger partial charge in [0.15, 0.2) is 0 Å². The van der Waals surface area contributed by atoms with Gasteiger partial charge in [0.1, 0.15) is 0 Å². The van der Waals surface area contributed by atoms with Gasteiger partial charge in [0.05, 0.1) is 11.6 Å². The Bertz CT molecular complexity index is 422. The quantitative estimate of drug-likeness (QED) is 0.845. The lowest BCUT2D eigenvalue weighted by molar-refractivity contribution is 0.348. The van der Waals surface area contributed by atoms with Crippen molar-refractivity contribution < 1.29 is 0 Å². The van der Waals surface area contributed by atoms with Gasteiger partial charge in [-0.3, -0.25) is 0 Å². The topological polar surface area (TPSA) is 53.0 Å². The zero-order valence-electron chi connectivity index (χ0n) is 10.3. The summed E-state index contributed by atoms with van der Waals surface area (Å²) in [6, 6.07) is 10.3. The molecule has 1 aromatic rings. The first-order chi connectivity index (χ1) is 8.24. The Labute approximate surface area is 103 Å². The van der Waals surface area contributed by atoms with E-state index in [-0.39, 0.29) is 0 Å². The van der Waals surface area contributed by atoms with Crippen LogP contribution in [0.4, 0.5) is 5.69 Å². The first-order valence-electron chi connectivity index (χ1n) is 6.25. The molecule has 1 heterocycles. The summed E-state index contributed by atoms with van der Waals surface area (Å²) in [5, 5.41) is 8.91. The van der Waals surface area contributed by atoms with Crippen molar-refractivity contribution in [2.24, 2.45) is 11.7 Å². The molecule has 2 unspecified atom stereocenters. The summed E-state index contributed by atoms with van der Waals surface area (Å²) in [5.41, 5.74) is 7.98. The minimum Gasteiger partial charge on any atom is -0.371 e. The molecule has 0 aromatic heterocycles. The fourth-order valence-corrected chi connectivity index (χ4v) is 2.49. The lowest BCUT2D eigenvalue weighted by atomic mass is 9.90. The van der Waals surface area contributed by atoms with Crippen molar-refractivity contribution in [3.63, 3.8) is 0 Å². The highest BCUT2D eigenvalue weighted by Crippen LogP contribution is 2.24. The molecule has 90 valence electrons. The number of nitriles is 1. The summed E-state index contributed by atoms with van der Waals surface area (Å²) in [6.07, 6.45) is 2.16. The lowest BCUT2D eigenvalue weighted by Gasteiger charge is -2.38. The summed E-state index contributed by atoms with van der Waals surface area (Å²) < 4.78 is 0. The van der Waals surface area contributed by atoms with E-state index in [1.807, 2.05) is 18.2 Å². The first kappa shape index (κ1) is 11.9. The van der Waals surface area contributed by atoms with Gasteiger partial charge in [-0.2, -0.15) is 5.26 Å². The fourth-order valence-electron chi connectivity index (χ4n) is 2.49. The number of piperidine rings is 1. The first-order valence-corrected chi connectivity index (χ1v) is 6.25. The molecule has 1 fully saturated rings. The highest BCUT2D eigenvalue weighted by molar-refractivity contribution is 5.51. The largest absolute Gasteiger partial charge is 0.371 e. The Morgan fingerprint density at radius 3 is 3.06 bits per heavy atom. The molecule has 2 atom stereocenters. The third kappa shape index (κ3) is 2.59. The number of benzene rings is 1. The summed E-state index contributed by atoms with van der Waals surface area (Å²) >= 11 is 0. The maximum absolute atomic E-state index is 8.91. The molecule has 3 heteroatoms. The van der Waals surface area contributed by atoms with Crippen LogP contribution in [0.15, 0.2) is 24.3 Å². The van der Waals surface area contributed by atoms with Gasteiger partial charge >= 0.3 is 0 Å². The second kappa shape index (κ2) is 5.20. The summed E-state index contributed by atoms with van der Waals surface area (Å²) in [7, 11) is 0. The summed E-state index contributed by atoms with van der Waals surface area (Å²) in [5.74, 6) is 0.564. The van der Waals surface area contributed by atoms with Crippen molar-refractivity contribution >= 4 is 5.69 Å². The van der Waals surface area contributed by atoms with Crippen molar-refractivity contribution in [2.45, 2.75) is 25.8 Å². The predicted molar refractivity (Wildman–Crippen MR) is 69.7 cm³/mol. The number of hydrogen-bond acceptors (Lipinski definition) is 3. The van der Waals surface area contributed by atoms with Crippen LogP contribution in [0.2, 0.25) is 0 Å². The van der Waals surface area contributed by atoms with Crippen molar-refractivity contribution in [3.8, 4) is 6.07 Å². The van der Waals surface area contributed by atoms with Crippen LogP contribution in [0, 0.1) is 17.2 Å². The van der Waals surface area contributed by atoms with Crippen molar-refractivity contribution in [3.05, 3.63) is 29.8 Å². The molecular formula is C14H19N3. The molecule has 1 aromatic carbocycles. The Morgan fingerprint density at radius 1 is 1.53 bits per heavy atom. The molecule has 0 bridgehead atoms. The highest BCUT2D eigenvalue weighted by atomic mass is 15.1. The Kier molecular flexibility index (Phi) is 3.65. The average Bonchev–Trinajstić information content (AvgIpc) is 2.39. The molecule has 17 heavy (non-hydrogen) atoms. The number of nitrogens with two attached hydrogens (primary N) is 1. The molecule has 1 aliphatic rings. The monoisotopic (exact) mass is 229 g/mol. The molecule has 3 nitrogen and oxygen atoms in total. The van der Waals surface area contributed by atoms with Crippen LogP contribution in [-0.2, 0) is 0 Å². The van der Waals surface area contributed by atoms with Crippen molar-refractivity contribution in [2.75, 3.05) is 18.0 Å². The molecule has 0 radical (unpaired) electrons. The third-order valence-corrected chi connectivity index (χ3v) is 3.66. The van der Waals surface area contributed by atoms with Crippen molar-refractivity contribution in [1.82, 2.24) is 0 Å². The summed E-state index contributed by atoms with van der Waals surface area (Å²) in [6.45, 7) is 4.19. The molecule has 2 rings (SSSR count). The summed E-state index contributed by atoms with van der Waals surface area (Å²) in [4.78, 5) is 2.35. The zero-order valence-corrected chi connectivity index (χ0v) is 10.3. The molecule has 2 N–H and O–H groups in total. The molecule has 0 spiro atoms. The predicted octanol–water partition coefficient (Wildman–Crippen LogP) is 2.12. The van der Waals surface area contributed by atoms with E-state index in [1.54, 1.807) is 0 Å². The number of nitrogens with zero attached hydrogens (tertiary/aromatic N) is 2. The van der Waals surface area contributed by atoms with Gasteiger partial charge in [0.25, 0.3) is 0 Å². The van der Waals surface area contributed by atoms with Gasteiger partial charge in [-0.25, -0.2) is 0 Å². The number of rotatable bonds is 2. The lowest BCUT2D eigenvalue weighted by Crippen LogP contribution is -2.46. The van der Waals surface area contributed by atoms with Crippen LogP contribution in [-0.4, -0.2) is 19.1 Å². The normalized spacial score (nSPS) is 24.4. The third-order valence-electron chi connectivity index (χ3n) is 3.66. The van der Waals surface area contributed by atoms with Crippen LogP contribution >= 0.6 is 0 Å². The maximum Gasteiger partial charge on any atom is 0.0992 e. The maximum atomic E-state index is 8.91. The van der Waals surface area contributed by atoms with E-state index in [1.165, 1.54) is 0 Å². The van der Waals surface area contributed by atoms with Crippen LogP contribution in [0.5, 0.6) is 0 Å². The van der Waals surface area contributed by atoms with Gasteiger partial charge in [0, 0.05) is 24.8 Å². The van der Waals surface area contributed by atoms with E-state index in [0.29, 0.717) is 12.0 Å². The Balaban J connectivity index is 2.15. The SMILES string of the molecule is CCC1CN(c2cccc(C#N)c2)CCC1N. The van der Waals surface area contributed by atoms with Gasteiger partial charge in [-0.1, -0.05) is 19.4 Å². The minimum atomic E-state index is 0.329. The van der Waals surface area contributed by atoms with Gasteiger partial charge in [-0.05, 0) is 30.5 Å². The number of hydrogen-bond donors (Lipinski definition) is 1. The molecule has 0 amide bonds. The van der Waals surface area contributed by atoms with Crippen molar-refractivity contribution in [1.29, 1.82) is 5.26 Å². The molecule has 1 aliphatic heterocycles. The molecule has 0 aliphatic carbocycles. The zero-order chi connectivity index (χ0) is 12.3. The van der Waals surface area contributed by atoms with Gasteiger partial charge in [-0.15, -0.1) is 0 Å². The van der Waals surface area contributed by atoms with E-state index < -0.39 is 0 Å². The highest BCUT2D eigenvalue weighted by Gasteiger charge is 2.25. The standard InChI is InChI=1S/C14H19N3/c1-2-12-10-17(7-6-14(12)16)13-5-3-4-11(8-13)9-15/h3-5,8,12,14H,2,6-7,10,16H2,1H3. The fraction of sp³-hybridized carbons (Fsp3) is 0.500. The van der Waals surface area contributed by atoms with Crippen LogP contribution < -0.4 is 10.6 Å². The number of anilines is 1. The Morgan fingerprint density at radius 2 is 2.35 bits per heavy atom. The smallest absolute Gasteiger partial charge is 0.0992 e. The van der Waals surface area contributed by atoms with Gasteiger partial charge in [0.2, 0.25) is 0 Å². The minimum absolute atomic E-state index is 0.329. The molecule has 0 saturated carbocycles. The van der Waals surface area contributed by atoms with E-state index in [2.05, 4.69) is 24.0 Å². The average molecular weight is 229 g/mol. The molecular weight excluding hydrogens is 210 g/mol. The Hall–Kier alpha value is -1.53.